The second-order valence-electron chi connectivity index (χ2n) is 8.19. The number of hydrazine groups is 1. The third kappa shape index (κ3) is 4.53. The maximum atomic E-state index is 14.1. The number of aliphatic imine (C=N–C) groups is 1. The number of piperidine rings is 1. The van der Waals surface area contributed by atoms with Crippen LogP contribution in [0.3, 0.4) is 0 Å². The van der Waals surface area contributed by atoms with Crippen LogP contribution in [0.25, 0.3) is 0 Å². The Bertz CT molecular complexity index is 1120. The normalized spacial score (nSPS) is 22.8. The van der Waals surface area contributed by atoms with Crippen LogP contribution >= 0.6 is 23.4 Å². The zero-order valence-corrected chi connectivity index (χ0v) is 19.0. The number of benzene rings is 2. The number of hydrogen-bond acceptors (Lipinski definition) is 4. The van der Waals surface area contributed by atoms with Gasteiger partial charge in [-0.1, -0.05) is 36.2 Å². The zero-order valence-electron chi connectivity index (χ0n) is 17.4. The fourth-order valence-corrected chi connectivity index (χ4v) is 5.62. The van der Waals surface area contributed by atoms with Crippen molar-refractivity contribution in [1.82, 2.24) is 10.4 Å². The lowest BCUT2D eigenvalue weighted by Crippen LogP contribution is -2.45. The molecule has 2 aromatic carbocycles. The molecule has 2 unspecified atom stereocenters. The second-order valence-corrected chi connectivity index (χ2v) is 9.85. The van der Waals surface area contributed by atoms with E-state index in [1.807, 2.05) is 53.5 Å². The number of fused-ring (bicyclic) bond motifs is 2. The summed E-state index contributed by atoms with van der Waals surface area (Å²) in [6.07, 6.45) is 8.41. The molecule has 0 spiro atoms. The van der Waals surface area contributed by atoms with Crippen molar-refractivity contribution in [3.8, 4) is 0 Å². The van der Waals surface area contributed by atoms with Gasteiger partial charge in [0.1, 0.15) is 5.83 Å². The molecule has 4 nitrogen and oxygen atoms in total. The molecule has 5 rings (SSSR count). The predicted molar refractivity (Wildman–Crippen MR) is 128 cm³/mol. The molecule has 0 radical (unpaired) electrons. The quantitative estimate of drug-likeness (QED) is 0.592. The molecule has 3 aliphatic rings. The SMILES string of the molecule is O=C(NN1CCCCC1)c1ccc2c(c1)N=C(c1ccc(Cl)cc1)C1C=CC(F)=CC1S2. The minimum absolute atomic E-state index is 0.0845. The van der Waals surface area contributed by atoms with Crippen LogP contribution in [0.15, 0.2) is 76.4 Å². The van der Waals surface area contributed by atoms with Gasteiger partial charge in [-0.2, -0.15) is 0 Å². The summed E-state index contributed by atoms with van der Waals surface area (Å²) < 4.78 is 14.1. The highest BCUT2D eigenvalue weighted by molar-refractivity contribution is 8.00. The fraction of sp³-hybridized carbons (Fsp3) is 0.280. The average Bonchev–Trinajstić information content (AvgIpc) is 2.96. The van der Waals surface area contributed by atoms with Crippen LogP contribution in [0.4, 0.5) is 10.1 Å². The summed E-state index contributed by atoms with van der Waals surface area (Å²) in [5.74, 6) is -0.454. The van der Waals surface area contributed by atoms with Gasteiger partial charge in [0.15, 0.2) is 0 Å². The van der Waals surface area contributed by atoms with Gasteiger partial charge >= 0.3 is 0 Å². The first-order valence-electron chi connectivity index (χ1n) is 10.8. The van der Waals surface area contributed by atoms with Crippen LogP contribution in [0, 0.1) is 5.92 Å². The Morgan fingerprint density at radius 1 is 1.12 bits per heavy atom. The summed E-state index contributed by atoms with van der Waals surface area (Å²) in [4.78, 5) is 18.8. The standard InChI is InChI=1S/C25H23ClFN3OS/c26-18-7-4-16(5-8-18)24-20-10-9-19(27)15-23(20)32-22-11-6-17(14-21(22)28-24)25(31)29-30-12-2-1-3-13-30/h4-11,14-15,20,23H,1-3,12-13H2,(H,29,31). The summed E-state index contributed by atoms with van der Waals surface area (Å²) in [6, 6.07) is 13.1. The van der Waals surface area contributed by atoms with E-state index in [0.717, 1.165) is 47.8 Å². The van der Waals surface area contributed by atoms with Crippen molar-refractivity contribution in [3.63, 3.8) is 0 Å². The highest BCUT2D eigenvalue weighted by Crippen LogP contribution is 2.43. The van der Waals surface area contributed by atoms with Crippen LogP contribution in [0.1, 0.15) is 35.2 Å². The van der Waals surface area contributed by atoms with Crippen LogP contribution < -0.4 is 5.43 Å². The molecule has 0 saturated carbocycles. The molecular weight excluding hydrogens is 445 g/mol. The smallest absolute Gasteiger partial charge is 0.265 e. The molecule has 1 amide bonds. The van der Waals surface area contributed by atoms with E-state index in [1.165, 1.54) is 12.5 Å². The number of carbonyl (C=O) groups is 1. The number of carbonyl (C=O) groups excluding carboxylic acids is 1. The molecule has 1 aliphatic carbocycles. The molecule has 2 aliphatic heterocycles. The Morgan fingerprint density at radius 3 is 2.69 bits per heavy atom. The van der Waals surface area contributed by atoms with Gasteiger partial charge in [0.05, 0.1) is 11.4 Å². The van der Waals surface area contributed by atoms with Crippen molar-refractivity contribution in [3.05, 3.63) is 82.7 Å². The van der Waals surface area contributed by atoms with E-state index >= 15 is 0 Å². The van der Waals surface area contributed by atoms with E-state index in [2.05, 4.69) is 5.43 Å². The summed E-state index contributed by atoms with van der Waals surface area (Å²) in [6.45, 7) is 1.75. The van der Waals surface area contributed by atoms with Gasteiger partial charge in [-0.15, -0.1) is 11.8 Å². The van der Waals surface area contributed by atoms with Crippen molar-refractivity contribution in [2.24, 2.45) is 10.9 Å². The molecular formula is C25H23ClFN3OS. The first-order chi connectivity index (χ1) is 15.6. The maximum absolute atomic E-state index is 14.1. The third-order valence-electron chi connectivity index (χ3n) is 5.94. The highest BCUT2D eigenvalue weighted by Gasteiger charge is 2.31. The lowest BCUT2D eigenvalue weighted by atomic mass is 9.90. The molecule has 2 aromatic rings. The minimum Gasteiger partial charge on any atom is -0.285 e. The number of allylic oxidation sites excluding steroid dienone is 3. The Labute approximate surface area is 196 Å². The van der Waals surface area contributed by atoms with Crippen LogP contribution in [-0.2, 0) is 0 Å². The Morgan fingerprint density at radius 2 is 1.91 bits per heavy atom. The van der Waals surface area contributed by atoms with E-state index in [9.17, 15) is 9.18 Å². The van der Waals surface area contributed by atoms with Gasteiger partial charge < -0.3 is 0 Å². The number of hydrogen-bond donors (Lipinski definition) is 1. The maximum Gasteiger partial charge on any atom is 0.265 e. The van der Waals surface area contributed by atoms with Crippen LogP contribution in [0.5, 0.6) is 0 Å². The first-order valence-corrected chi connectivity index (χ1v) is 12.1. The fourth-order valence-electron chi connectivity index (χ4n) is 4.26. The van der Waals surface area contributed by atoms with Gasteiger partial charge in [-0.05, 0) is 60.9 Å². The van der Waals surface area contributed by atoms with E-state index in [-0.39, 0.29) is 22.9 Å². The summed E-state index contributed by atoms with van der Waals surface area (Å²) in [5, 5.41) is 2.52. The molecule has 2 atom stereocenters. The summed E-state index contributed by atoms with van der Waals surface area (Å²) in [7, 11) is 0. The lowest BCUT2D eigenvalue weighted by molar-refractivity contribution is 0.0750. The van der Waals surface area contributed by atoms with Crippen molar-refractivity contribution in [1.29, 1.82) is 0 Å². The van der Waals surface area contributed by atoms with E-state index < -0.39 is 0 Å². The number of nitrogens with one attached hydrogen (secondary N) is 1. The third-order valence-corrected chi connectivity index (χ3v) is 7.49. The van der Waals surface area contributed by atoms with Crippen molar-refractivity contribution in [2.75, 3.05) is 13.1 Å². The Hall–Kier alpha value is -2.41. The Kier molecular flexibility index (Phi) is 6.17. The van der Waals surface area contributed by atoms with Crippen molar-refractivity contribution >= 4 is 40.7 Å². The van der Waals surface area contributed by atoms with Crippen LogP contribution in [0.2, 0.25) is 5.02 Å². The summed E-state index contributed by atoms with van der Waals surface area (Å²) >= 11 is 7.66. The molecule has 164 valence electrons. The molecule has 1 fully saturated rings. The molecule has 0 aromatic heterocycles. The highest BCUT2D eigenvalue weighted by atomic mass is 35.5. The molecule has 2 heterocycles. The van der Waals surface area contributed by atoms with E-state index in [4.69, 9.17) is 16.6 Å². The second kappa shape index (κ2) is 9.22. The van der Waals surface area contributed by atoms with Gasteiger partial charge in [-0.3, -0.25) is 15.2 Å². The Balaban J connectivity index is 1.52. The van der Waals surface area contributed by atoms with Crippen molar-refractivity contribution in [2.45, 2.75) is 29.4 Å². The number of halogens is 2. The van der Waals surface area contributed by atoms with E-state index in [0.29, 0.717) is 10.6 Å². The number of amides is 1. The number of nitrogens with zero attached hydrogens (tertiary/aromatic N) is 2. The topological polar surface area (TPSA) is 44.7 Å². The number of rotatable bonds is 3. The van der Waals surface area contributed by atoms with E-state index in [1.54, 1.807) is 17.8 Å². The molecule has 32 heavy (non-hydrogen) atoms. The first kappa shape index (κ1) is 21.4. The lowest BCUT2D eigenvalue weighted by Gasteiger charge is -2.26. The van der Waals surface area contributed by atoms with Gasteiger partial charge in [0, 0.05) is 39.7 Å². The average molecular weight is 468 g/mol. The molecule has 1 N–H and O–H groups in total. The molecule has 1 saturated heterocycles. The monoisotopic (exact) mass is 467 g/mol. The molecule has 7 heteroatoms. The number of thioether (sulfide) groups is 1. The summed E-state index contributed by atoms with van der Waals surface area (Å²) in [5.41, 5.74) is 6.08. The zero-order chi connectivity index (χ0) is 22.1. The predicted octanol–water partition coefficient (Wildman–Crippen LogP) is 6.11. The van der Waals surface area contributed by atoms with Gasteiger partial charge in [0.2, 0.25) is 0 Å². The van der Waals surface area contributed by atoms with Crippen molar-refractivity contribution < 1.29 is 9.18 Å². The largest absolute Gasteiger partial charge is 0.285 e. The molecule has 0 bridgehead atoms. The van der Waals surface area contributed by atoms with Gasteiger partial charge in [0.25, 0.3) is 5.91 Å². The van der Waals surface area contributed by atoms with Gasteiger partial charge in [-0.25, -0.2) is 9.40 Å². The van der Waals surface area contributed by atoms with Crippen LogP contribution in [-0.4, -0.2) is 35.0 Å². The minimum atomic E-state index is -0.241.